The normalized spacial score (nSPS) is 13.7. The number of hydrogen-bond acceptors (Lipinski definition) is 3. The topological polar surface area (TPSA) is 70.1 Å². The molecule has 0 saturated heterocycles. The molecule has 0 aliphatic heterocycles. The molecule has 5 nitrogen and oxygen atoms in total. The summed E-state index contributed by atoms with van der Waals surface area (Å²) in [5.74, 6) is -0.669. The van der Waals surface area contributed by atoms with E-state index in [2.05, 4.69) is 4.98 Å². The SMILES string of the molecule is C[C@H](OCc1ccccc1)[C@@H](CCc1ccccc1C(F)(F)F)n1cnc(C(N)=O)c1. The molecule has 3 aromatic rings. The van der Waals surface area contributed by atoms with Crippen LogP contribution >= 0.6 is 0 Å². The molecule has 2 aromatic carbocycles. The molecule has 8 heteroatoms. The number of nitrogens with two attached hydrogens (primary N) is 1. The summed E-state index contributed by atoms with van der Waals surface area (Å²) >= 11 is 0. The molecule has 0 aliphatic rings. The molecular weight excluding hydrogens is 407 g/mol. The van der Waals surface area contributed by atoms with Gasteiger partial charge in [-0.2, -0.15) is 13.2 Å². The lowest BCUT2D eigenvalue weighted by Gasteiger charge is -2.26. The van der Waals surface area contributed by atoms with Crippen LogP contribution < -0.4 is 5.73 Å². The summed E-state index contributed by atoms with van der Waals surface area (Å²) < 4.78 is 47.8. The Morgan fingerprint density at radius 2 is 1.81 bits per heavy atom. The van der Waals surface area contributed by atoms with Crippen LogP contribution in [0.2, 0.25) is 0 Å². The molecule has 0 saturated carbocycles. The zero-order valence-corrected chi connectivity index (χ0v) is 17.0. The molecule has 164 valence electrons. The van der Waals surface area contributed by atoms with Crippen LogP contribution in [0.1, 0.15) is 46.6 Å². The number of imidazole rings is 1. The second-order valence-electron chi connectivity index (χ2n) is 7.33. The molecule has 0 unspecified atom stereocenters. The highest BCUT2D eigenvalue weighted by Gasteiger charge is 2.33. The highest BCUT2D eigenvalue weighted by molar-refractivity contribution is 5.90. The number of hydrogen-bond donors (Lipinski definition) is 1. The number of benzene rings is 2. The second-order valence-corrected chi connectivity index (χ2v) is 7.33. The predicted molar refractivity (Wildman–Crippen MR) is 110 cm³/mol. The Kier molecular flexibility index (Phi) is 7.12. The molecule has 31 heavy (non-hydrogen) atoms. The number of ether oxygens (including phenoxy) is 1. The summed E-state index contributed by atoms with van der Waals surface area (Å²) in [6.07, 6.45) is -1.27. The van der Waals surface area contributed by atoms with Crippen molar-refractivity contribution < 1.29 is 22.7 Å². The van der Waals surface area contributed by atoms with Crippen LogP contribution in [0, 0.1) is 0 Å². The molecule has 2 atom stereocenters. The van der Waals surface area contributed by atoms with E-state index in [1.54, 1.807) is 10.6 Å². The Morgan fingerprint density at radius 3 is 2.45 bits per heavy atom. The molecular formula is C23H24F3N3O2. The fourth-order valence-corrected chi connectivity index (χ4v) is 3.50. The monoisotopic (exact) mass is 431 g/mol. The van der Waals surface area contributed by atoms with E-state index >= 15 is 0 Å². The van der Waals surface area contributed by atoms with Gasteiger partial charge >= 0.3 is 6.18 Å². The van der Waals surface area contributed by atoms with Crippen molar-refractivity contribution in [2.75, 3.05) is 0 Å². The summed E-state index contributed by atoms with van der Waals surface area (Å²) in [5.41, 5.74) is 5.95. The number of alkyl halides is 3. The number of aromatic nitrogens is 2. The first-order valence-corrected chi connectivity index (χ1v) is 9.89. The minimum atomic E-state index is -4.42. The summed E-state index contributed by atoms with van der Waals surface area (Å²) in [7, 11) is 0. The molecule has 0 bridgehead atoms. The average Bonchev–Trinajstić information content (AvgIpc) is 3.23. The first-order chi connectivity index (χ1) is 14.8. The van der Waals surface area contributed by atoms with E-state index in [1.165, 1.54) is 24.7 Å². The van der Waals surface area contributed by atoms with Gasteiger partial charge in [0.2, 0.25) is 0 Å². The van der Waals surface area contributed by atoms with Crippen molar-refractivity contribution in [2.24, 2.45) is 5.73 Å². The Labute approximate surface area is 178 Å². The summed E-state index contributed by atoms with van der Waals surface area (Å²) in [5, 5.41) is 0. The fraction of sp³-hybridized carbons (Fsp3) is 0.304. The van der Waals surface area contributed by atoms with Crippen molar-refractivity contribution in [3.05, 3.63) is 89.5 Å². The number of carbonyl (C=O) groups excluding carboxylic acids is 1. The summed E-state index contributed by atoms with van der Waals surface area (Å²) in [6, 6.07) is 14.8. The zero-order valence-electron chi connectivity index (χ0n) is 17.0. The molecule has 0 spiro atoms. The maximum atomic E-state index is 13.4. The van der Waals surface area contributed by atoms with Crippen LogP contribution in [0.5, 0.6) is 0 Å². The van der Waals surface area contributed by atoms with Gasteiger partial charge in [0.25, 0.3) is 5.91 Å². The first-order valence-electron chi connectivity index (χ1n) is 9.89. The number of halogens is 3. The predicted octanol–water partition coefficient (Wildman–Crippen LogP) is 4.78. The van der Waals surface area contributed by atoms with Crippen LogP contribution in [-0.2, 0) is 23.9 Å². The van der Waals surface area contributed by atoms with E-state index in [4.69, 9.17) is 10.5 Å². The Morgan fingerprint density at radius 1 is 1.13 bits per heavy atom. The molecule has 0 aliphatic carbocycles. The minimum absolute atomic E-state index is 0.0935. The fourth-order valence-electron chi connectivity index (χ4n) is 3.50. The van der Waals surface area contributed by atoms with Gasteiger partial charge in [-0.3, -0.25) is 4.79 Å². The third-order valence-corrected chi connectivity index (χ3v) is 5.17. The van der Waals surface area contributed by atoms with Gasteiger partial charge in [-0.05, 0) is 37.0 Å². The first kappa shape index (κ1) is 22.6. The largest absolute Gasteiger partial charge is 0.416 e. The average molecular weight is 431 g/mol. The van der Waals surface area contributed by atoms with Gasteiger partial charge in [-0.15, -0.1) is 0 Å². The third kappa shape index (κ3) is 5.95. The van der Waals surface area contributed by atoms with E-state index in [0.717, 1.165) is 11.6 Å². The lowest BCUT2D eigenvalue weighted by Crippen LogP contribution is -2.25. The second kappa shape index (κ2) is 9.78. The smallest absolute Gasteiger partial charge is 0.372 e. The van der Waals surface area contributed by atoms with E-state index in [1.807, 2.05) is 37.3 Å². The molecule has 2 N–H and O–H groups in total. The maximum Gasteiger partial charge on any atom is 0.416 e. The van der Waals surface area contributed by atoms with Gasteiger partial charge in [0.05, 0.1) is 30.6 Å². The molecule has 0 fully saturated rings. The molecule has 0 radical (unpaired) electrons. The van der Waals surface area contributed by atoms with Crippen molar-refractivity contribution in [1.29, 1.82) is 0 Å². The zero-order chi connectivity index (χ0) is 22.4. The lowest BCUT2D eigenvalue weighted by molar-refractivity contribution is -0.138. The number of primary amides is 1. The number of aryl methyl sites for hydroxylation is 1. The van der Waals surface area contributed by atoms with Crippen LogP contribution in [0.3, 0.4) is 0 Å². The summed E-state index contributed by atoms with van der Waals surface area (Å²) in [6.45, 7) is 2.21. The number of rotatable bonds is 9. The van der Waals surface area contributed by atoms with Gasteiger partial charge < -0.3 is 15.0 Å². The number of amides is 1. The Bertz CT molecular complexity index is 1000. The third-order valence-electron chi connectivity index (χ3n) is 5.17. The van der Waals surface area contributed by atoms with E-state index in [9.17, 15) is 18.0 Å². The Balaban J connectivity index is 1.79. The van der Waals surface area contributed by atoms with Crippen molar-refractivity contribution in [2.45, 2.75) is 44.7 Å². The van der Waals surface area contributed by atoms with Crippen LogP contribution in [0.25, 0.3) is 0 Å². The highest BCUT2D eigenvalue weighted by atomic mass is 19.4. The molecule has 1 heterocycles. The minimum Gasteiger partial charge on any atom is -0.372 e. The lowest BCUT2D eigenvalue weighted by atomic mass is 9.97. The van der Waals surface area contributed by atoms with Gasteiger partial charge in [0, 0.05) is 6.20 Å². The van der Waals surface area contributed by atoms with Crippen molar-refractivity contribution in [1.82, 2.24) is 9.55 Å². The molecule has 1 amide bonds. The van der Waals surface area contributed by atoms with E-state index in [0.29, 0.717) is 13.0 Å². The van der Waals surface area contributed by atoms with Crippen molar-refractivity contribution in [3.8, 4) is 0 Å². The number of nitrogens with zero attached hydrogens (tertiary/aromatic N) is 2. The van der Waals surface area contributed by atoms with Crippen LogP contribution in [0.15, 0.2) is 67.1 Å². The standard InChI is InChI=1S/C23H24F3N3O2/c1-16(31-14-17-7-3-2-4-8-17)21(29-13-20(22(27)30)28-15-29)12-11-18-9-5-6-10-19(18)23(24,25)26/h2-10,13,15-16,21H,11-12,14H2,1H3,(H2,27,30)/t16-,21+/m0/s1. The van der Waals surface area contributed by atoms with Crippen molar-refractivity contribution in [3.63, 3.8) is 0 Å². The summed E-state index contributed by atoms with van der Waals surface area (Å²) in [4.78, 5) is 15.4. The van der Waals surface area contributed by atoms with Gasteiger partial charge in [-0.25, -0.2) is 4.98 Å². The Hall–Kier alpha value is -3.13. The van der Waals surface area contributed by atoms with Crippen LogP contribution in [-0.4, -0.2) is 21.6 Å². The van der Waals surface area contributed by atoms with Crippen LogP contribution in [0.4, 0.5) is 13.2 Å². The van der Waals surface area contributed by atoms with E-state index in [-0.39, 0.29) is 29.8 Å². The quantitative estimate of drug-likeness (QED) is 0.530. The molecule has 1 aromatic heterocycles. The van der Waals surface area contributed by atoms with Gasteiger partial charge in [-0.1, -0.05) is 48.5 Å². The van der Waals surface area contributed by atoms with Gasteiger partial charge in [0.1, 0.15) is 5.69 Å². The molecule has 3 rings (SSSR count). The number of carbonyl (C=O) groups is 1. The van der Waals surface area contributed by atoms with Gasteiger partial charge in [0.15, 0.2) is 0 Å². The maximum absolute atomic E-state index is 13.4. The van der Waals surface area contributed by atoms with E-state index < -0.39 is 17.6 Å². The highest BCUT2D eigenvalue weighted by Crippen LogP contribution is 2.33. The van der Waals surface area contributed by atoms with Crippen molar-refractivity contribution >= 4 is 5.91 Å².